The van der Waals surface area contributed by atoms with Crippen molar-refractivity contribution in [1.29, 1.82) is 0 Å². The minimum atomic E-state index is 0.884. The number of rotatable bonds is 4. The van der Waals surface area contributed by atoms with Crippen LogP contribution >= 0.6 is 0 Å². The van der Waals surface area contributed by atoms with Gasteiger partial charge in [-0.1, -0.05) is 12.1 Å². The average Bonchev–Trinajstić information content (AvgIpc) is 2.52. The van der Waals surface area contributed by atoms with Crippen molar-refractivity contribution in [3.05, 3.63) is 6.20 Å². The van der Waals surface area contributed by atoms with Crippen LogP contribution in [0.1, 0.15) is 20.3 Å². The Labute approximate surface area is 66.6 Å². The Balaban J connectivity index is 2.56. The van der Waals surface area contributed by atoms with Crippen LogP contribution in [0, 0.1) is 6.20 Å². The van der Waals surface area contributed by atoms with Crippen LogP contribution in [0.25, 0.3) is 0 Å². The summed E-state index contributed by atoms with van der Waals surface area (Å²) in [6.45, 7) is 6.24. The zero-order chi connectivity index (χ0) is 8.10. The molecular formula is C7H13N4. The van der Waals surface area contributed by atoms with E-state index in [1.54, 1.807) is 0 Å². The SMILES string of the molecule is CCCN(CC)c1[c]nn[nH]1. The lowest BCUT2D eigenvalue weighted by Crippen LogP contribution is -2.23. The number of aromatic nitrogens is 3. The summed E-state index contributed by atoms with van der Waals surface area (Å²) in [4.78, 5) is 2.15. The zero-order valence-corrected chi connectivity index (χ0v) is 6.96. The molecule has 0 saturated heterocycles. The second-order valence-electron chi connectivity index (χ2n) is 2.35. The summed E-state index contributed by atoms with van der Waals surface area (Å²) >= 11 is 0. The molecule has 0 amide bonds. The van der Waals surface area contributed by atoms with Crippen LogP contribution in [0.2, 0.25) is 0 Å². The van der Waals surface area contributed by atoms with Gasteiger partial charge in [-0.05, 0) is 13.3 Å². The normalized spacial score (nSPS) is 10.0. The molecule has 0 aliphatic carbocycles. The monoisotopic (exact) mass is 153 g/mol. The second-order valence-corrected chi connectivity index (χ2v) is 2.35. The Morgan fingerprint density at radius 2 is 2.36 bits per heavy atom. The summed E-state index contributed by atoms with van der Waals surface area (Å²) in [6, 6.07) is 0. The van der Waals surface area contributed by atoms with Gasteiger partial charge in [0.25, 0.3) is 0 Å². The third-order valence-corrected chi connectivity index (χ3v) is 1.55. The fraction of sp³-hybridized carbons (Fsp3) is 0.714. The lowest BCUT2D eigenvalue weighted by molar-refractivity contribution is 0.773. The molecule has 0 aliphatic heterocycles. The molecule has 0 atom stereocenters. The van der Waals surface area contributed by atoms with Crippen LogP contribution in [-0.2, 0) is 0 Å². The minimum absolute atomic E-state index is 0.884. The van der Waals surface area contributed by atoms with Crippen molar-refractivity contribution in [2.75, 3.05) is 18.0 Å². The first-order chi connectivity index (χ1) is 5.38. The van der Waals surface area contributed by atoms with E-state index in [4.69, 9.17) is 0 Å². The van der Waals surface area contributed by atoms with Crippen LogP contribution in [0.15, 0.2) is 0 Å². The van der Waals surface area contributed by atoms with Gasteiger partial charge in [0.05, 0.1) is 0 Å². The third kappa shape index (κ3) is 1.93. The fourth-order valence-corrected chi connectivity index (χ4v) is 1.01. The lowest BCUT2D eigenvalue weighted by atomic mass is 10.4. The quantitative estimate of drug-likeness (QED) is 0.697. The summed E-state index contributed by atoms with van der Waals surface area (Å²) in [5.74, 6) is 0.884. The molecule has 1 aromatic rings. The molecule has 4 heteroatoms. The van der Waals surface area contributed by atoms with E-state index in [1.807, 2.05) is 0 Å². The lowest BCUT2D eigenvalue weighted by Gasteiger charge is -2.18. The molecule has 11 heavy (non-hydrogen) atoms. The van der Waals surface area contributed by atoms with Gasteiger partial charge in [-0.25, -0.2) is 5.10 Å². The van der Waals surface area contributed by atoms with E-state index in [9.17, 15) is 0 Å². The number of anilines is 1. The highest BCUT2D eigenvalue weighted by Crippen LogP contribution is 2.05. The molecule has 0 spiro atoms. The van der Waals surface area contributed by atoms with Crippen molar-refractivity contribution in [1.82, 2.24) is 15.4 Å². The average molecular weight is 153 g/mol. The van der Waals surface area contributed by atoms with Gasteiger partial charge in [0.15, 0.2) is 12.0 Å². The first-order valence-corrected chi connectivity index (χ1v) is 3.92. The largest absolute Gasteiger partial charge is 0.355 e. The van der Waals surface area contributed by atoms with Crippen molar-refractivity contribution < 1.29 is 0 Å². The van der Waals surface area contributed by atoms with Crippen LogP contribution in [0.3, 0.4) is 0 Å². The first-order valence-electron chi connectivity index (χ1n) is 3.92. The van der Waals surface area contributed by atoms with Gasteiger partial charge in [0.1, 0.15) is 0 Å². The summed E-state index contributed by atoms with van der Waals surface area (Å²) in [5.41, 5.74) is 0. The third-order valence-electron chi connectivity index (χ3n) is 1.55. The van der Waals surface area contributed by atoms with E-state index in [1.165, 1.54) is 0 Å². The summed E-state index contributed by atoms with van der Waals surface area (Å²) in [6.07, 6.45) is 3.91. The van der Waals surface area contributed by atoms with Gasteiger partial charge in [-0.15, -0.1) is 5.10 Å². The standard InChI is InChI=1S/C7H13N4/c1-3-5-11(4-2)7-6-8-10-9-7/h3-5H2,1-2H3,(H,8,9,10). The molecule has 1 heterocycles. The van der Waals surface area contributed by atoms with Crippen molar-refractivity contribution in [2.24, 2.45) is 0 Å². The van der Waals surface area contributed by atoms with Crippen LogP contribution in [-0.4, -0.2) is 28.5 Å². The van der Waals surface area contributed by atoms with Gasteiger partial charge in [0, 0.05) is 13.1 Å². The Kier molecular flexibility index (Phi) is 2.89. The molecule has 61 valence electrons. The predicted octanol–water partition coefficient (Wildman–Crippen LogP) is 0.841. The molecular weight excluding hydrogens is 140 g/mol. The zero-order valence-electron chi connectivity index (χ0n) is 6.96. The Bertz CT molecular complexity index is 182. The molecule has 0 aromatic carbocycles. The molecule has 0 fully saturated rings. The molecule has 4 nitrogen and oxygen atoms in total. The van der Waals surface area contributed by atoms with Crippen LogP contribution < -0.4 is 4.90 Å². The Morgan fingerprint density at radius 3 is 2.82 bits per heavy atom. The van der Waals surface area contributed by atoms with Crippen molar-refractivity contribution in [2.45, 2.75) is 20.3 Å². The van der Waals surface area contributed by atoms with E-state index in [0.717, 1.165) is 25.3 Å². The smallest absolute Gasteiger partial charge is 0.161 e. The van der Waals surface area contributed by atoms with Gasteiger partial charge in [-0.2, -0.15) is 0 Å². The fourth-order valence-electron chi connectivity index (χ4n) is 1.01. The topological polar surface area (TPSA) is 44.8 Å². The molecule has 1 rings (SSSR count). The number of nitrogens with one attached hydrogen (secondary N) is 1. The summed E-state index contributed by atoms with van der Waals surface area (Å²) < 4.78 is 0. The predicted molar refractivity (Wildman–Crippen MR) is 43.4 cm³/mol. The second kappa shape index (κ2) is 3.95. The molecule has 0 saturated carbocycles. The van der Waals surface area contributed by atoms with E-state index in [2.05, 4.69) is 40.4 Å². The minimum Gasteiger partial charge on any atom is -0.355 e. The van der Waals surface area contributed by atoms with Gasteiger partial charge in [0.2, 0.25) is 0 Å². The Morgan fingerprint density at radius 1 is 1.55 bits per heavy atom. The first kappa shape index (κ1) is 8.04. The maximum absolute atomic E-state index is 3.60. The maximum Gasteiger partial charge on any atom is 0.161 e. The van der Waals surface area contributed by atoms with Crippen molar-refractivity contribution >= 4 is 5.82 Å². The van der Waals surface area contributed by atoms with E-state index < -0.39 is 0 Å². The van der Waals surface area contributed by atoms with Gasteiger partial charge < -0.3 is 4.90 Å². The van der Waals surface area contributed by atoms with Gasteiger partial charge >= 0.3 is 0 Å². The number of hydrogen-bond acceptors (Lipinski definition) is 3. The van der Waals surface area contributed by atoms with Crippen molar-refractivity contribution in [3.63, 3.8) is 0 Å². The molecule has 1 radical (unpaired) electrons. The maximum atomic E-state index is 3.60. The summed E-state index contributed by atoms with van der Waals surface area (Å²) in [7, 11) is 0. The molecule has 0 bridgehead atoms. The highest BCUT2D eigenvalue weighted by molar-refractivity contribution is 5.32. The molecule has 1 N–H and O–H groups in total. The molecule has 1 aromatic heterocycles. The molecule has 0 aliphatic rings. The number of H-pyrrole nitrogens is 1. The van der Waals surface area contributed by atoms with Crippen molar-refractivity contribution in [3.8, 4) is 0 Å². The van der Waals surface area contributed by atoms with E-state index in [-0.39, 0.29) is 0 Å². The highest BCUT2D eigenvalue weighted by Gasteiger charge is 2.03. The van der Waals surface area contributed by atoms with Gasteiger partial charge in [-0.3, -0.25) is 0 Å². The number of aromatic amines is 1. The number of nitrogens with zero attached hydrogens (tertiary/aromatic N) is 3. The number of hydrogen-bond donors (Lipinski definition) is 1. The summed E-state index contributed by atoms with van der Waals surface area (Å²) in [5, 5.41) is 9.98. The highest BCUT2D eigenvalue weighted by atomic mass is 15.4. The van der Waals surface area contributed by atoms with E-state index >= 15 is 0 Å². The van der Waals surface area contributed by atoms with Crippen LogP contribution in [0.5, 0.6) is 0 Å². The van der Waals surface area contributed by atoms with Crippen LogP contribution in [0.4, 0.5) is 5.82 Å². The van der Waals surface area contributed by atoms with E-state index in [0.29, 0.717) is 0 Å². The molecule has 0 unspecified atom stereocenters. The Hall–Kier alpha value is -1.06.